The largest absolute Gasteiger partial charge is 0.507 e. The molecule has 2 heterocycles. The molecule has 5 heteroatoms. The maximum atomic E-state index is 9.81. The van der Waals surface area contributed by atoms with Crippen LogP contribution in [0.5, 0.6) is 5.75 Å². The van der Waals surface area contributed by atoms with Crippen LogP contribution < -0.4 is 0 Å². The number of nitrogens with zero attached hydrogens (tertiary/aromatic N) is 2. The summed E-state index contributed by atoms with van der Waals surface area (Å²) in [5, 5.41) is 19.1. The first-order valence-corrected chi connectivity index (χ1v) is 5.91. The Kier molecular flexibility index (Phi) is 2.52. The summed E-state index contributed by atoms with van der Waals surface area (Å²) in [6, 6.07) is 11.1. The van der Waals surface area contributed by atoms with E-state index in [0.717, 1.165) is 23.0 Å². The zero-order chi connectivity index (χ0) is 12.5. The highest BCUT2D eigenvalue weighted by Gasteiger charge is 2.08. The molecule has 18 heavy (non-hydrogen) atoms. The number of hydrogen-bond donors (Lipinski definition) is 2. The zero-order valence-electron chi connectivity index (χ0n) is 10.0. The molecule has 0 amide bonds. The molecule has 0 atom stereocenters. The van der Waals surface area contributed by atoms with Crippen molar-refractivity contribution in [2.75, 3.05) is 0 Å². The molecule has 88 valence electrons. The lowest BCUT2D eigenvalue weighted by molar-refractivity contribution is 0.477. The fourth-order valence-electron chi connectivity index (χ4n) is 2.00. The van der Waals surface area contributed by atoms with Crippen molar-refractivity contribution < 1.29 is 5.11 Å². The van der Waals surface area contributed by atoms with Gasteiger partial charge in [0.2, 0.25) is 0 Å². The predicted molar refractivity (Wildman–Crippen MR) is 73.2 cm³/mol. The van der Waals surface area contributed by atoms with Gasteiger partial charge >= 0.3 is 0 Å². The van der Waals surface area contributed by atoms with Crippen LogP contribution >= 0.6 is 0 Å². The van der Waals surface area contributed by atoms with Crippen LogP contribution in [0, 0.1) is 0 Å². The Labute approximate surface area is 105 Å². The Bertz CT molecular complexity index is 708. The number of para-hydroxylation sites is 1. The van der Waals surface area contributed by atoms with Gasteiger partial charge < -0.3 is 10.1 Å². The second kappa shape index (κ2) is 4.18. The molecule has 0 aliphatic heterocycles. The van der Waals surface area contributed by atoms with Gasteiger partial charge in [0.15, 0.2) is 5.65 Å². The van der Waals surface area contributed by atoms with Gasteiger partial charge in [-0.1, -0.05) is 12.1 Å². The molecule has 0 fully saturated rings. The van der Waals surface area contributed by atoms with Gasteiger partial charge in [-0.25, -0.2) is 0 Å². The molecular weight excluding hydrogens is 225 g/mol. The van der Waals surface area contributed by atoms with E-state index in [9.17, 15) is 5.11 Å². The second-order valence-electron chi connectivity index (χ2n) is 4.20. The first-order valence-electron chi connectivity index (χ1n) is 5.91. The Morgan fingerprint density at radius 2 is 2.00 bits per heavy atom. The van der Waals surface area contributed by atoms with E-state index < -0.39 is 0 Å². The van der Waals surface area contributed by atoms with Crippen LogP contribution in [0.15, 0.2) is 36.4 Å². The first kappa shape index (κ1) is 10.8. The average Bonchev–Trinajstić information content (AvgIpc) is 2.81. The number of rotatable bonds is 2. The van der Waals surface area contributed by atoms with Crippen LogP contribution in [-0.4, -0.2) is 28.1 Å². The number of aromatic nitrogens is 3. The first-order chi connectivity index (χ1) is 8.78. The second-order valence-corrected chi connectivity index (χ2v) is 4.20. The van der Waals surface area contributed by atoms with E-state index in [1.165, 1.54) is 0 Å². The summed E-state index contributed by atoms with van der Waals surface area (Å²) in [4.78, 5) is 3.20. The number of benzene rings is 1. The molecule has 3 aromatic rings. The van der Waals surface area contributed by atoms with Crippen molar-refractivity contribution >= 4 is 18.9 Å². The minimum atomic E-state index is 0.220. The van der Waals surface area contributed by atoms with Crippen LogP contribution in [0.25, 0.3) is 22.3 Å². The minimum absolute atomic E-state index is 0.220. The van der Waals surface area contributed by atoms with Crippen molar-refractivity contribution in [1.29, 1.82) is 0 Å². The fraction of sp³-hybridized carbons (Fsp3) is 0.0769. The number of aromatic amines is 1. The van der Waals surface area contributed by atoms with Crippen molar-refractivity contribution in [2.24, 2.45) is 0 Å². The average molecular weight is 237 g/mol. The number of phenolic OH excluding ortho intramolecular Hbond substituents is 1. The summed E-state index contributed by atoms with van der Waals surface area (Å²) in [7, 11) is 2.09. The molecule has 0 aliphatic carbocycles. The monoisotopic (exact) mass is 237 g/mol. The number of phenols is 1. The highest BCUT2D eigenvalue weighted by atomic mass is 16.3. The lowest BCUT2D eigenvalue weighted by atomic mass is 10.0. The summed E-state index contributed by atoms with van der Waals surface area (Å²) in [6.07, 6.45) is 0.933. The zero-order valence-corrected chi connectivity index (χ0v) is 10.0. The van der Waals surface area contributed by atoms with Crippen LogP contribution in [0.4, 0.5) is 0 Å². The van der Waals surface area contributed by atoms with Gasteiger partial charge in [-0.2, -0.15) is 0 Å². The molecule has 0 bridgehead atoms. The van der Waals surface area contributed by atoms with Gasteiger partial charge in [0, 0.05) is 16.6 Å². The van der Waals surface area contributed by atoms with Gasteiger partial charge in [-0.15, -0.1) is 10.2 Å². The van der Waals surface area contributed by atoms with E-state index in [1.54, 1.807) is 12.1 Å². The Morgan fingerprint density at radius 1 is 1.17 bits per heavy atom. The lowest BCUT2D eigenvalue weighted by Crippen LogP contribution is -1.88. The third kappa shape index (κ3) is 1.74. The van der Waals surface area contributed by atoms with Gasteiger partial charge in [0.1, 0.15) is 13.6 Å². The highest BCUT2D eigenvalue weighted by molar-refractivity contribution is 6.08. The quantitative estimate of drug-likeness (QED) is 0.663. The van der Waals surface area contributed by atoms with Crippen molar-refractivity contribution in [2.45, 2.75) is 6.32 Å². The van der Waals surface area contributed by atoms with Crippen molar-refractivity contribution in [1.82, 2.24) is 15.2 Å². The fourth-order valence-corrected chi connectivity index (χ4v) is 2.00. The topological polar surface area (TPSA) is 61.8 Å². The molecule has 0 spiro atoms. The molecule has 0 unspecified atom stereocenters. The third-order valence-corrected chi connectivity index (χ3v) is 2.99. The van der Waals surface area contributed by atoms with E-state index in [1.807, 2.05) is 18.2 Å². The van der Waals surface area contributed by atoms with Gasteiger partial charge in [0.25, 0.3) is 0 Å². The number of fused-ring (bicyclic) bond motifs is 1. The number of nitrogens with one attached hydrogen (secondary N) is 1. The molecule has 0 aliphatic rings. The summed E-state index contributed by atoms with van der Waals surface area (Å²) >= 11 is 0. The molecule has 0 saturated carbocycles. The Hall–Kier alpha value is -2.30. The van der Waals surface area contributed by atoms with Crippen molar-refractivity contribution in [3.05, 3.63) is 42.1 Å². The van der Waals surface area contributed by atoms with Gasteiger partial charge in [-0.3, -0.25) is 0 Å². The van der Waals surface area contributed by atoms with E-state index in [-0.39, 0.29) is 5.75 Å². The minimum Gasteiger partial charge on any atom is -0.507 e. The molecule has 0 saturated heterocycles. The van der Waals surface area contributed by atoms with E-state index in [4.69, 9.17) is 0 Å². The van der Waals surface area contributed by atoms with Crippen molar-refractivity contribution in [3.63, 3.8) is 0 Å². The predicted octanol–water partition coefficient (Wildman–Crippen LogP) is 1.46. The van der Waals surface area contributed by atoms with Gasteiger partial charge in [-0.05, 0) is 30.6 Å². The van der Waals surface area contributed by atoms with E-state index >= 15 is 0 Å². The van der Waals surface area contributed by atoms with Gasteiger partial charge in [0.05, 0.1) is 5.69 Å². The highest BCUT2D eigenvalue weighted by Crippen LogP contribution is 2.28. The smallest absolute Gasteiger partial charge is 0.160 e. The van der Waals surface area contributed by atoms with Crippen LogP contribution in [0.2, 0.25) is 0 Å². The Morgan fingerprint density at radius 3 is 2.78 bits per heavy atom. The third-order valence-electron chi connectivity index (χ3n) is 2.99. The molecular formula is C13H12BN3O. The van der Waals surface area contributed by atoms with Crippen LogP contribution in [-0.2, 0) is 6.32 Å². The number of H-pyrrole nitrogens is 1. The molecule has 3 rings (SSSR count). The van der Waals surface area contributed by atoms with Crippen LogP contribution in [0.3, 0.4) is 0 Å². The summed E-state index contributed by atoms with van der Waals surface area (Å²) in [5.41, 5.74) is 3.30. The number of aromatic hydroxyl groups is 1. The molecule has 4 nitrogen and oxygen atoms in total. The maximum Gasteiger partial charge on any atom is 0.160 e. The van der Waals surface area contributed by atoms with Crippen LogP contribution in [0.1, 0.15) is 5.69 Å². The van der Waals surface area contributed by atoms with Crippen molar-refractivity contribution in [3.8, 4) is 17.0 Å². The van der Waals surface area contributed by atoms with E-state index in [0.29, 0.717) is 11.3 Å². The summed E-state index contributed by atoms with van der Waals surface area (Å²) in [6.45, 7) is 0. The summed E-state index contributed by atoms with van der Waals surface area (Å²) < 4.78 is 0. The molecule has 0 radical (unpaired) electrons. The lowest BCUT2D eigenvalue weighted by Gasteiger charge is -2.02. The maximum absolute atomic E-state index is 9.81. The summed E-state index contributed by atoms with van der Waals surface area (Å²) in [5.74, 6) is 0.220. The normalized spacial score (nSPS) is 10.9. The standard InChI is InChI=1S/C13H12BN3O/c14-7-9-5-8-6-11(16-17-13(8)15-9)10-3-1-2-4-12(10)18/h1-6,18H,7,14H2,(H,15,17). The Balaban J connectivity index is 2.16. The molecule has 2 aromatic heterocycles. The molecule has 1 aromatic carbocycles. The van der Waals surface area contributed by atoms with E-state index in [2.05, 4.69) is 29.1 Å². The number of hydrogen-bond acceptors (Lipinski definition) is 3. The molecule has 2 N–H and O–H groups in total. The SMILES string of the molecule is BCc1cc2cc(-c3ccccc3O)nnc2[nH]1.